The van der Waals surface area contributed by atoms with Crippen LogP contribution in [0.15, 0.2) is 59.5 Å². The Bertz CT molecular complexity index is 803. The number of hydrogen-bond donors (Lipinski definition) is 0. The van der Waals surface area contributed by atoms with E-state index in [1.807, 2.05) is 30.3 Å². The van der Waals surface area contributed by atoms with Crippen molar-refractivity contribution in [2.24, 2.45) is 0 Å². The van der Waals surface area contributed by atoms with E-state index in [-0.39, 0.29) is 10.8 Å². The molecule has 1 amide bonds. The molecule has 0 aliphatic carbocycles. The first-order chi connectivity index (χ1) is 11.8. The van der Waals surface area contributed by atoms with Gasteiger partial charge in [0.1, 0.15) is 12.4 Å². The fourth-order valence-electron chi connectivity index (χ4n) is 2.12. The number of carbonyl (C=O) groups excluding carboxylic acids is 1. The fraction of sp³-hybridized carbons (Fsp3) is 0.278. The maximum absolute atomic E-state index is 12.4. The normalized spacial score (nSPS) is 11.4. The van der Waals surface area contributed by atoms with Gasteiger partial charge in [-0.1, -0.05) is 18.2 Å². The predicted octanol–water partition coefficient (Wildman–Crippen LogP) is 2.09. The minimum absolute atomic E-state index is 0.157. The zero-order valence-corrected chi connectivity index (χ0v) is 15.4. The third-order valence-corrected chi connectivity index (χ3v) is 5.49. The fourth-order valence-corrected chi connectivity index (χ4v) is 3.02. The smallest absolute Gasteiger partial charge is 0.253 e. The van der Waals surface area contributed by atoms with Crippen LogP contribution in [0.3, 0.4) is 0 Å². The first-order valence-electron chi connectivity index (χ1n) is 7.78. The average Bonchev–Trinajstić information content (AvgIpc) is 2.62. The van der Waals surface area contributed by atoms with Crippen LogP contribution >= 0.6 is 0 Å². The Morgan fingerprint density at radius 2 is 1.56 bits per heavy atom. The highest BCUT2D eigenvalue weighted by Crippen LogP contribution is 2.15. The van der Waals surface area contributed by atoms with Crippen molar-refractivity contribution in [2.75, 3.05) is 34.3 Å². The molecule has 0 saturated carbocycles. The van der Waals surface area contributed by atoms with Crippen LogP contribution in [0.25, 0.3) is 0 Å². The van der Waals surface area contributed by atoms with Gasteiger partial charge >= 0.3 is 0 Å². The molecule has 0 saturated heterocycles. The lowest BCUT2D eigenvalue weighted by Crippen LogP contribution is -2.31. The summed E-state index contributed by atoms with van der Waals surface area (Å²) in [5.41, 5.74) is 0.430. The number of nitrogens with zero attached hydrogens (tertiary/aromatic N) is 2. The molecule has 2 rings (SSSR count). The largest absolute Gasteiger partial charge is 0.492 e. The average molecular weight is 362 g/mol. The number of ether oxygens (including phenoxy) is 1. The number of rotatable bonds is 7. The summed E-state index contributed by atoms with van der Waals surface area (Å²) in [7, 11) is 1.12. The zero-order valence-electron chi connectivity index (χ0n) is 14.5. The molecule has 0 heterocycles. The maximum atomic E-state index is 12.4. The summed E-state index contributed by atoms with van der Waals surface area (Å²) >= 11 is 0. The highest BCUT2D eigenvalue weighted by atomic mass is 32.2. The molecule has 0 unspecified atom stereocenters. The molecular formula is C18H22N2O4S. The van der Waals surface area contributed by atoms with E-state index in [2.05, 4.69) is 0 Å². The number of para-hydroxylation sites is 1. The van der Waals surface area contributed by atoms with Gasteiger partial charge in [0.2, 0.25) is 10.0 Å². The minimum Gasteiger partial charge on any atom is -0.492 e. The Kier molecular flexibility index (Phi) is 6.17. The SMILES string of the molecule is CN(CCOc1ccccc1)C(=O)c1ccc(S(=O)(=O)N(C)C)cc1. The second-order valence-corrected chi connectivity index (χ2v) is 7.85. The molecule has 7 heteroatoms. The Balaban J connectivity index is 1.95. The van der Waals surface area contributed by atoms with Gasteiger partial charge in [-0.25, -0.2) is 12.7 Å². The van der Waals surface area contributed by atoms with Crippen LogP contribution in [-0.4, -0.2) is 57.8 Å². The molecule has 6 nitrogen and oxygen atoms in total. The molecule has 0 bridgehead atoms. The van der Waals surface area contributed by atoms with Crippen molar-refractivity contribution in [3.63, 3.8) is 0 Å². The van der Waals surface area contributed by atoms with E-state index in [1.165, 1.54) is 38.4 Å². The highest BCUT2D eigenvalue weighted by Gasteiger charge is 2.18. The van der Waals surface area contributed by atoms with Crippen molar-refractivity contribution in [3.05, 3.63) is 60.2 Å². The lowest BCUT2D eigenvalue weighted by Gasteiger charge is -2.18. The summed E-state index contributed by atoms with van der Waals surface area (Å²) in [6.45, 7) is 0.796. The first-order valence-corrected chi connectivity index (χ1v) is 9.22. The van der Waals surface area contributed by atoms with Gasteiger partial charge in [-0.15, -0.1) is 0 Å². The summed E-state index contributed by atoms with van der Waals surface area (Å²) in [4.78, 5) is 14.1. The molecule has 0 aliphatic heterocycles. The van der Waals surface area contributed by atoms with Gasteiger partial charge in [-0.2, -0.15) is 0 Å². The maximum Gasteiger partial charge on any atom is 0.253 e. The van der Waals surface area contributed by atoms with Gasteiger partial charge in [0.15, 0.2) is 0 Å². The van der Waals surface area contributed by atoms with E-state index in [0.717, 1.165) is 10.1 Å². The van der Waals surface area contributed by atoms with E-state index in [4.69, 9.17) is 4.74 Å². The highest BCUT2D eigenvalue weighted by molar-refractivity contribution is 7.89. The standard InChI is InChI=1S/C18H22N2O4S/c1-19(2)25(22,23)17-11-9-15(10-12-17)18(21)20(3)13-14-24-16-7-5-4-6-8-16/h4-12H,13-14H2,1-3H3. The van der Waals surface area contributed by atoms with E-state index < -0.39 is 10.0 Å². The van der Waals surface area contributed by atoms with E-state index in [0.29, 0.717) is 18.7 Å². The monoisotopic (exact) mass is 362 g/mol. The Hall–Kier alpha value is -2.38. The minimum atomic E-state index is -3.50. The third-order valence-electron chi connectivity index (χ3n) is 3.67. The molecule has 0 aliphatic rings. The quantitative estimate of drug-likeness (QED) is 0.756. The summed E-state index contributed by atoms with van der Waals surface area (Å²) < 4.78 is 30.8. The molecule has 0 fully saturated rings. The van der Waals surface area contributed by atoms with Gasteiger partial charge in [-0.3, -0.25) is 4.79 Å². The topological polar surface area (TPSA) is 66.9 Å². The van der Waals surface area contributed by atoms with Crippen molar-refractivity contribution < 1.29 is 17.9 Å². The number of amides is 1. The van der Waals surface area contributed by atoms with Gasteiger partial charge in [0.25, 0.3) is 5.91 Å². The molecule has 0 atom stereocenters. The lowest BCUT2D eigenvalue weighted by atomic mass is 10.2. The van der Waals surface area contributed by atoms with Crippen LogP contribution < -0.4 is 4.74 Å². The number of hydrogen-bond acceptors (Lipinski definition) is 4. The Labute approximate surface area is 148 Å². The molecule has 2 aromatic carbocycles. The van der Waals surface area contributed by atoms with E-state index in [9.17, 15) is 13.2 Å². The second-order valence-electron chi connectivity index (χ2n) is 5.70. The number of likely N-dealkylation sites (N-methyl/N-ethyl adjacent to an activating group) is 1. The summed E-state index contributed by atoms with van der Waals surface area (Å²) in [6, 6.07) is 15.3. The van der Waals surface area contributed by atoms with Gasteiger partial charge in [-0.05, 0) is 36.4 Å². The molecule has 0 N–H and O–H groups in total. The Morgan fingerprint density at radius 3 is 2.12 bits per heavy atom. The number of sulfonamides is 1. The van der Waals surface area contributed by atoms with E-state index >= 15 is 0 Å². The van der Waals surface area contributed by atoms with Crippen molar-refractivity contribution in [1.82, 2.24) is 9.21 Å². The predicted molar refractivity (Wildman–Crippen MR) is 96.2 cm³/mol. The van der Waals surface area contributed by atoms with Crippen LogP contribution in [0, 0.1) is 0 Å². The van der Waals surface area contributed by atoms with Crippen molar-refractivity contribution >= 4 is 15.9 Å². The van der Waals surface area contributed by atoms with Gasteiger partial charge in [0, 0.05) is 26.7 Å². The molecule has 0 spiro atoms. The summed E-state index contributed by atoms with van der Waals surface area (Å²) in [5, 5.41) is 0. The molecule has 0 radical (unpaired) electrons. The van der Waals surface area contributed by atoms with Crippen LogP contribution in [0.4, 0.5) is 0 Å². The number of carbonyl (C=O) groups is 1. The van der Waals surface area contributed by atoms with E-state index in [1.54, 1.807) is 11.9 Å². The number of benzene rings is 2. The van der Waals surface area contributed by atoms with Crippen LogP contribution in [0.2, 0.25) is 0 Å². The molecule has 134 valence electrons. The molecule has 0 aromatic heterocycles. The molecule has 25 heavy (non-hydrogen) atoms. The van der Waals surface area contributed by atoms with Crippen molar-refractivity contribution in [3.8, 4) is 5.75 Å². The zero-order chi connectivity index (χ0) is 18.4. The first kappa shape index (κ1) is 19.0. The third kappa shape index (κ3) is 4.80. The van der Waals surface area contributed by atoms with Gasteiger partial charge < -0.3 is 9.64 Å². The Morgan fingerprint density at radius 1 is 0.960 bits per heavy atom. The molecule has 2 aromatic rings. The summed E-state index contributed by atoms with van der Waals surface area (Å²) in [6.07, 6.45) is 0. The van der Waals surface area contributed by atoms with Gasteiger partial charge in [0.05, 0.1) is 11.4 Å². The summed E-state index contributed by atoms with van der Waals surface area (Å²) in [5.74, 6) is 0.562. The second kappa shape index (κ2) is 8.13. The van der Waals surface area contributed by atoms with Crippen LogP contribution in [0.5, 0.6) is 5.75 Å². The van der Waals surface area contributed by atoms with Crippen molar-refractivity contribution in [2.45, 2.75) is 4.90 Å². The van der Waals surface area contributed by atoms with Crippen molar-refractivity contribution in [1.29, 1.82) is 0 Å². The van der Waals surface area contributed by atoms with Crippen LogP contribution in [0.1, 0.15) is 10.4 Å². The molecular weight excluding hydrogens is 340 g/mol. The van der Waals surface area contributed by atoms with Crippen LogP contribution in [-0.2, 0) is 10.0 Å². The lowest BCUT2D eigenvalue weighted by molar-refractivity contribution is 0.0773.